The van der Waals surface area contributed by atoms with Crippen molar-refractivity contribution in [1.29, 1.82) is 0 Å². The van der Waals surface area contributed by atoms with Gasteiger partial charge in [0.2, 0.25) is 0 Å². The van der Waals surface area contributed by atoms with Crippen LogP contribution in [0.1, 0.15) is 34.0 Å². The molecule has 0 radical (unpaired) electrons. The molecule has 146 valence electrons. The van der Waals surface area contributed by atoms with Crippen LogP contribution in [0.25, 0.3) is 12.1 Å². The Kier molecular flexibility index (Phi) is 3.41. The highest BCUT2D eigenvalue weighted by atomic mass is 16.5. The number of allylic oxidation sites excluding steroid dienone is 2. The summed E-state index contributed by atoms with van der Waals surface area (Å²) in [6.45, 7) is 0. The predicted molar refractivity (Wildman–Crippen MR) is 107 cm³/mol. The summed E-state index contributed by atoms with van der Waals surface area (Å²) in [4.78, 5) is 24.9. The van der Waals surface area contributed by atoms with Gasteiger partial charge in [-0.05, 0) is 47.5 Å². The smallest absolute Gasteiger partial charge is 0.163 e. The van der Waals surface area contributed by atoms with E-state index in [2.05, 4.69) is 4.74 Å². The molecule has 0 unspecified atom stereocenters. The fourth-order valence-corrected chi connectivity index (χ4v) is 2.00. The van der Waals surface area contributed by atoms with Crippen molar-refractivity contribution in [2.75, 3.05) is 21.1 Å². The molecule has 2 rings (SSSR count). The Balaban J connectivity index is 2.29. The van der Waals surface area contributed by atoms with Crippen LogP contribution in [0.2, 0.25) is 0 Å². The Bertz CT molecular complexity index is 1340. The van der Waals surface area contributed by atoms with Crippen LogP contribution in [0.4, 0.5) is 0 Å². The van der Waals surface area contributed by atoms with E-state index in [0.29, 0.717) is 0 Å². The number of carbonyl (C=O) groups excluding carboxylic acids is 2. The number of phenolic OH excluding ortho intramolecular Hbond substituents is 1. The highest BCUT2D eigenvalue weighted by molar-refractivity contribution is 6.10. The number of ether oxygens (including phenoxy) is 3. The molecule has 0 amide bonds. The second-order valence-electron chi connectivity index (χ2n) is 5.26. The van der Waals surface area contributed by atoms with Crippen LogP contribution >= 0.6 is 0 Å². The van der Waals surface area contributed by atoms with Crippen LogP contribution in [0.15, 0.2) is 48.5 Å². The van der Waals surface area contributed by atoms with Gasteiger partial charge in [0.05, 0.1) is 44.0 Å². The van der Waals surface area contributed by atoms with Crippen molar-refractivity contribution in [2.24, 2.45) is 0 Å². The van der Waals surface area contributed by atoms with Crippen molar-refractivity contribution in [3.63, 3.8) is 0 Å². The summed E-state index contributed by atoms with van der Waals surface area (Å²) in [5.41, 5.74) is -0.137. The number of hydrogen-bond donors (Lipinski definition) is 1. The first-order valence-electron chi connectivity index (χ1n) is 13.6. The van der Waals surface area contributed by atoms with Gasteiger partial charge in [-0.2, -0.15) is 0 Å². The molecule has 0 bridgehead atoms. The molecule has 1 N–H and O–H groups in total. The van der Waals surface area contributed by atoms with Gasteiger partial charge in [0.25, 0.3) is 0 Å². The molecule has 6 nitrogen and oxygen atoms in total. The SMILES string of the molecule is [2H]/C(=C\c1ccc(O)c(OC([2H])([2H])[2H])c1)C(=O)CC(=O)/C([2H])=C(\[2H])c1ccc(OC([2H])([2H])[2H])c(OC([2H])([2H])[2H])c1. The first-order chi connectivity index (χ1) is 18.1. The van der Waals surface area contributed by atoms with E-state index in [1.54, 1.807) is 0 Å². The lowest BCUT2D eigenvalue weighted by molar-refractivity contribution is -0.121. The molecule has 0 heterocycles. The topological polar surface area (TPSA) is 82.1 Å². The molecular formula is C22H22O6. The molecule has 0 aromatic heterocycles. The Hall–Kier alpha value is -3.54. The predicted octanol–water partition coefficient (Wildman–Crippen LogP) is 3.67. The number of ketones is 2. The molecule has 0 aliphatic carbocycles. The van der Waals surface area contributed by atoms with Crippen molar-refractivity contribution in [1.82, 2.24) is 0 Å². The Morgan fingerprint density at radius 1 is 0.929 bits per heavy atom. The number of aromatic hydroxyl groups is 1. The van der Waals surface area contributed by atoms with Crippen molar-refractivity contribution >= 4 is 23.7 Å². The maximum absolute atomic E-state index is 12.5. The molecule has 28 heavy (non-hydrogen) atoms. The van der Waals surface area contributed by atoms with Crippen molar-refractivity contribution in [2.45, 2.75) is 6.42 Å². The van der Waals surface area contributed by atoms with Crippen LogP contribution < -0.4 is 14.2 Å². The zero-order valence-electron chi connectivity index (χ0n) is 26.2. The summed E-state index contributed by atoms with van der Waals surface area (Å²) < 4.78 is 103. The average Bonchev–Trinajstić information content (AvgIpc) is 2.78. The third-order valence-corrected chi connectivity index (χ3v) is 3.32. The molecule has 0 saturated heterocycles. The van der Waals surface area contributed by atoms with Gasteiger partial charge in [-0.15, -0.1) is 0 Å². The lowest BCUT2D eigenvalue weighted by atomic mass is 10.1. The zero-order valence-corrected chi connectivity index (χ0v) is 14.2. The quantitative estimate of drug-likeness (QED) is 0.516. The molecule has 2 aromatic carbocycles. The molecule has 6 heteroatoms. The number of benzene rings is 2. The molecule has 0 saturated carbocycles. The largest absolute Gasteiger partial charge is 0.504 e. The van der Waals surface area contributed by atoms with Crippen molar-refractivity contribution in [3.8, 4) is 23.0 Å². The Morgan fingerprint density at radius 3 is 2.36 bits per heavy atom. The van der Waals surface area contributed by atoms with E-state index in [0.717, 1.165) is 36.4 Å². The molecule has 0 spiro atoms. The van der Waals surface area contributed by atoms with Gasteiger partial charge in [0.1, 0.15) is 0 Å². The summed E-state index contributed by atoms with van der Waals surface area (Å²) in [7, 11) is -8.87. The number of carbonyl (C=O) groups is 2. The summed E-state index contributed by atoms with van der Waals surface area (Å²) in [6.07, 6.45) is -0.0232. The minimum atomic E-state index is -3.03. The molecule has 0 aliphatic heterocycles. The highest BCUT2D eigenvalue weighted by Gasteiger charge is 2.06. The zero-order chi connectivity index (χ0) is 30.6. The Morgan fingerprint density at radius 2 is 1.57 bits per heavy atom. The van der Waals surface area contributed by atoms with Crippen LogP contribution in [0, 0.1) is 0 Å². The van der Waals surface area contributed by atoms with Gasteiger partial charge >= 0.3 is 0 Å². The van der Waals surface area contributed by atoms with Crippen LogP contribution in [-0.4, -0.2) is 37.8 Å². The molecule has 0 fully saturated rings. The van der Waals surface area contributed by atoms with Gasteiger partial charge < -0.3 is 19.3 Å². The molecular weight excluding hydrogens is 360 g/mol. The molecule has 0 atom stereocenters. The summed E-state index contributed by atoms with van der Waals surface area (Å²) in [5.74, 6) is -4.24. The summed E-state index contributed by atoms with van der Waals surface area (Å²) in [5, 5.41) is 9.74. The minimum Gasteiger partial charge on any atom is -0.504 e. The van der Waals surface area contributed by atoms with Gasteiger partial charge in [-0.3, -0.25) is 9.59 Å². The molecule has 0 aliphatic rings. The third kappa shape index (κ3) is 5.74. The van der Waals surface area contributed by atoms with Crippen molar-refractivity contribution in [3.05, 3.63) is 59.6 Å². The van der Waals surface area contributed by atoms with Gasteiger partial charge in [-0.1, -0.05) is 24.3 Å². The van der Waals surface area contributed by atoms with E-state index in [1.165, 1.54) is 6.07 Å². The molecule has 2 aromatic rings. The second kappa shape index (κ2) is 9.97. The highest BCUT2D eigenvalue weighted by Crippen LogP contribution is 2.28. The monoisotopic (exact) mass is 394 g/mol. The van der Waals surface area contributed by atoms with Gasteiger partial charge in [0.15, 0.2) is 34.6 Å². The summed E-state index contributed by atoms with van der Waals surface area (Å²) >= 11 is 0. The van der Waals surface area contributed by atoms with Gasteiger partial charge in [-0.25, -0.2) is 0 Å². The van der Waals surface area contributed by atoms with Crippen molar-refractivity contribution < 1.29 is 45.4 Å². The lowest BCUT2D eigenvalue weighted by Crippen LogP contribution is -2.01. The van der Waals surface area contributed by atoms with Crippen LogP contribution in [-0.2, 0) is 9.59 Å². The van der Waals surface area contributed by atoms with E-state index in [-0.39, 0.29) is 11.1 Å². The van der Waals surface area contributed by atoms with E-state index >= 15 is 0 Å². The van der Waals surface area contributed by atoms with Crippen LogP contribution in [0.3, 0.4) is 0 Å². The minimum absolute atomic E-state index is 0.0896. The lowest BCUT2D eigenvalue weighted by Gasteiger charge is -2.07. The summed E-state index contributed by atoms with van der Waals surface area (Å²) in [6, 6.07) is 3.90. The second-order valence-corrected chi connectivity index (χ2v) is 5.26. The number of phenols is 1. The first-order valence-corrected chi connectivity index (χ1v) is 7.62. The van der Waals surface area contributed by atoms with Gasteiger partial charge in [0, 0.05) is 0 Å². The number of methoxy groups -OCH3 is 3. The fourth-order valence-electron chi connectivity index (χ4n) is 2.00. The number of rotatable bonds is 9. The fraction of sp³-hybridized carbons (Fsp3) is 0.182. The third-order valence-electron chi connectivity index (χ3n) is 3.32. The average molecular weight is 394 g/mol. The first kappa shape index (κ1) is 9.59. The van der Waals surface area contributed by atoms with E-state index in [4.69, 9.17) is 25.9 Å². The standard InChI is InChI=1S/C22H22O6/c1-26-20-11-7-16(13-22(20)28-3)5-9-18(24)14-17(23)8-4-15-6-10-19(25)21(12-15)27-2/h4-13,25H,14H2,1-3H3/b8-4+,9-5+/i1D3,2D3,3D3,5D,8D,9D. The Labute approximate surface area is 180 Å². The van der Waals surface area contributed by atoms with E-state index < -0.39 is 80.3 Å². The maximum Gasteiger partial charge on any atom is 0.163 e. The maximum atomic E-state index is 12.5. The van der Waals surface area contributed by atoms with E-state index in [1.807, 2.05) is 0 Å². The van der Waals surface area contributed by atoms with Crippen LogP contribution in [0.5, 0.6) is 23.0 Å². The normalized spacial score (nSPS) is 19.6. The number of hydrogen-bond acceptors (Lipinski definition) is 6. The van der Waals surface area contributed by atoms with E-state index in [9.17, 15) is 14.7 Å².